The molecule has 0 atom stereocenters. The Balaban J connectivity index is 1.50. The highest BCUT2D eigenvalue weighted by Gasteiger charge is 2.15. The van der Waals surface area contributed by atoms with Gasteiger partial charge in [-0.15, -0.1) is 0 Å². The van der Waals surface area contributed by atoms with E-state index < -0.39 is 0 Å². The summed E-state index contributed by atoms with van der Waals surface area (Å²) in [5.74, 6) is 0. The molecule has 1 nitrogen and oxygen atoms in total. The van der Waals surface area contributed by atoms with Gasteiger partial charge in [0.15, 0.2) is 0 Å². The van der Waals surface area contributed by atoms with Crippen molar-refractivity contribution in [3.05, 3.63) is 121 Å². The quantitative estimate of drug-likeness (QED) is 0.181. The summed E-state index contributed by atoms with van der Waals surface area (Å²) in [5, 5.41) is 12.3. The largest absolute Gasteiger partial charge is 0.455 e. The van der Waals surface area contributed by atoms with E-state index in [1.54, 1.807) is 0 Å². The minimum Gasteiger partial charge on any atom is -0.455 e. The monoisotopic (exact) mass is 444 g/mol. The van der Waals surface area contributed by atoms with Crippen LogP contribution in [0.5, 0.6) is 0 Å². The van der Waals surface area contributed by atoms with E-state index in [0.29, 0.717) is 0 Å². The summed E-state index contributed by atoms with van der Waals surface area (Å²) in [6.07, 6.45) is 0. The Morgan fingerprint density at radius 3 is 1.86 bits per heavy atom. The lowest BCUT2D eigenvalue weighted by molar-refractivity contribution is 0.672. The van der Waals surface area contributed by atoms with Gasteiger partial charge in [0.25, 0.3) is 0 Å². The van der Waals surface area contributed by atoms with Gasteiger partial charge < -0.3 is 4.42 Å². The Bertz CT molecular complexity index is 2110. The molecule has 0 aliphatic heterocycles. The van der Waals surface area contributed by atoms with Crippen molar-refractivity contribution in [3.63, 3.8) is 0 Å². The molecule has 0 radical (unpaired) electrons. The predicted molar refractivity (Wildman–Crippen MR) is 149 cm³/mol. The van der Waals surface area contributed by atoms with Gasteiger partial charge in [-0.25, -0.2) is 0 Å². The molecule has 1 heterocycles. The van der Waals surface area contributed by atoms with Crippen LogP contribution in [-0.4, -0.2) is 0 Å². The van der Waals surface area contributed by atoms with Gasteiger partial charge in [0.05, 0.1) is 0 Å². The number of hydrogen-bond acceptors (Lipinski definition) is 1. The van der Waals surface area contributed by atoms with Crippen LogP contribution < -0.4 is 0 Å². The fraction of sp³-hybridized carbons (Fsp3) is 0. The van der Waals surface area contributed by atoms with Crippen molar-refractivity contribution in [2.45, 2.75) is 0 Å². The molecule has 35 heavy (non-hydrogen) atoms. The van der Waals surface area contributed by atoms with Crippen molar-refractivity contribution in [2.75, 3.05) is 0 Å². The van der Waals surface area contributed by atoms with E-state index in [-0.39, 0.29) is 0 Å². The van der Waals surface area contributed by atoms with Gasteiger partial charge in [0.2, 0.25) is 0 Å². The van der Waals surface area contributed by atoms with Gasteiger partial charge in [-0.1, -0.05) is 97.1 Å². The summed E-state index contributed by atoms with van der Waals surface area (Å²) in [7, 11) is 0. The third-order valence-corrected chi connectivity index (χ3v) is 7.42. The Hall–Kier alpha value is -4.62. The third kappa shape index (κ3) is 2.64. The summed E-state index contributed by atoms with van der Waals surface area (Å²) in [6.45, 7) is 0. The summed E-state index contributed by atoms with van der Waals surface area (Å²) in [5.41, 5.74) is 4.38. The topological polar surface area (TPSA) is 13.1 Å². The van der Waals surface area contributed by atoms with E-state index in [2.05, 4.69) is 121 Å². The molecule has 0 aliphatic carbocycles. The number of rotatable bonds is 1. The molecule has 1 heteroatoms. The molecule has 0 aliphatic rings. The van der Waals surface area contributed by atoms with Crippen molar-refractivity contribution >= 4 is 65.0 Å². The molecule has 0 saturated carbocycles. The van der Waals surface area contributed by atoms with Gasteiger partial charge in [0, 0.05) is 16.2 Å². The fourth-order valence-corrected chi connectivity index (χ4v) is 5.79. The fourth-order valence-electron chi connectivity index (χ4n) is 5.79. The van der Waals surface area contributed by atoms with Crippen LogP contribution in [0.2, 0.25) is 0 Å². The van der Waals surface area contributed by atoms with Crippen molar-refractivity contribution in [3.8, 4) is 11.1 Å². The molecule has 1 aromatic heterocycles. The lowest BCUT2D eigenvalue weighted by Crippen LogP contribution is -1.87. The highest BCUT2D eigenvalue weighted by atomic mass is 16.3. The molecule has 7 aromatic carbocycles. The molecule has 0 fully saturated rings. The van der Waals surface area contributed by atoms with Crippen molar-refractivity contribution < 1.29 is 4.42 Å². The summed E-state index contributed by atoms with van der Waals surface area (Å²) < 4.78 is 6.39. The van der Waals surface area contributed by atoms with E-state index in [0.717, 1.165) is 27.3 Å². The van der Waals surface area contributed by atoms with Crippen molar-refractivity contribution in [1.29, 1.82) is 0 Å². The second-order valence-corrected chi connectivity index (χ2v) is 9.33. The molecule has 0 saturated heterocycles. The maximum absolute atomic E-state index is 6.39. The molecule has 8 aromatic rings. The van der Waals surface area contributed by atoms with Crippen LogP contribution in [0.1, 0.15) is 0 Å². The first kappa shape index (κ1) is 18.8. The average Bonchev–Trinajstić information content (AvgIpc) is 3.30. The molecule has 0 amide bonds. The number of fused-ring (bicyclic) bond motifs is 9. The van der Waals surface area contributed by atoms with E-state index >= 15 is 0 Å². The summed E-state index contributed by atoms with van der Waals surface area (Å²) >= 11 is 0. The Morgan fingerprint density at radius 2 is 1.03 bits per heavy atom. The minimum atomic E-state index is 0.926. The van der Waals surface area contributed by atoms with Gasteiger partial charge in [0.1, 0.15) is 11.2 Å². The average molecular weight is 445 g/mol. The molecule has 0 N–H and O–H groups in total. The van der Waals surface area contributed by atoms with E-state index in [4.69, 9.17) is 4.42 Å². The van der Waals surface area contributed by atoms with Crippen LogP contribution in [0.25, 0.3) is 76.2 Å². The highest BCUT2D eigenvalue weighted by Crippen LogP contribution is 2.42. The van der Waals surface area contributed by atoms with Crippen LogP contribution in [-0.2, 0) is 0 Å². The van der Waals surface area contributed by atoms with Gasteiger partial charge in [-0.3, -0.25) is 0 Å². The standard InChI is InChI=1S/C34H20O/c1-4-10-25-21(7-1)13-16-28-30(25)19-23-9-3-5-11-26(23)33(28)24-15-18-32-31(20-24)29-17-14-22-8-2-6-12-27(22)34(29)35-32/h1-20H. The molecule has 8 rings (SSSR count). The molecular weight excluding hydrogens is 424 g/mol. The number of furan rings is 1. The van der Waals surface area contributed by atoms with Crippen LogP contribution >= 0.6 is 0 Å². The first-order valence-electron chi connectivity index (χ1n) is 12.0. The van der Waals surface area contributed by atoms with Crippen molar-refractivity contribution in [1.82, 2.24) is 0 Å². The van der Waals surface area contributed by atoms with E-state index in [1.165, 1.54) is 48.8 Å². The smallest absolute Gasteiger partial charge is 0.143 e. The highest BCUT2D eigenvalue weighted by molar-refractivity contribution is 6.21. The lowest BCUT2D eigenvalue weighted by Gasteiger charge is -2.14. The Kier molecular flexibility index (Phi) is 3.72. The maximum Gasteiger partial charge on any atom is 0.143 e. The summed E-state index contributed by atoms with van der Waals surface area (Å²) in [6, 6.07) is 43.7. The summed E-state index contributed by atoms with van der Waals surface area (Å²) in [4.78, 5) is 0. The van der Waals surface area contributed by atoms with Gasteiger partial charge in [-0.2, -0.15) is 0 Å². The molecule has 0 unspecified atom stereocenters. The Labute approximate surface area is 201 Å². The number of hydrogen-bond donors (Lipinski definition) is 0. The van der Waals surface area contributed by atoms with Crippen LogP contribution in [0.15, 0.2) is 126 Å². The van der Waals surface area contributed by atoms with Gasteiger partial charge >= 0.3 is 0 Å². The second kappa shape index (κ2) is 6.94. The van der Waals surface area contributed by atoms with E-state index in [9.17, 15) is 0 Å². The molecular formula is C34H20O. The first-order chi connectivity index (χ1) is 17.3. The predicted octanol–water partition coefficient (Wildman–Crippen LogP) is 9.87. The van der Waals surface area contributed by atoms with Crippen LogP contribution in [0.3, 0.4) is 0 Å². The SMILES string of the molecule is c1ccc2c(-c3ccc4oc5c6ccccc6ccc5c4c3)c3ccc4ccccc4c3cc2c1. The Morgan fingerprint density at radius 1 is 0.371 bits per heavy atom. The molecule has 162 valence electrons. The van der Waals surface area contributed by atoms with Gasteiger partial charge in [-0.05, 0) is 73.1 Å². The minimum absolute atomic E-state index is 0.926. The maximum atomic E-state index is 6.39. The number of benzene rings is 7. The van der Waals surface area contributed by atoms with Crippen molar-refractivity contribution in [2.24, 2.45) is 0 Å². The normalized spacial score (nSPS) is 12.0. The second-order valence-electron chi connectivity index (χ2n) is 9.33. The zero-order valence-electron chi connectivity index (χ0n) is 19.0. The zero-order chi connectivity index (χ0) is 22.9. The van der Waals surface area contributed by atoms with E-state index in [1.807, 2.05) is 0 Å². The van der Waals surface area contributed by atoms with Crippen LogP contribution in [0, 0.1) is 0 Å². The molecule has 0 spiro atoms. The first-order valence-corrected chi connectivity index (χ1v) is 12.0. The van der Waals surface area contributed by atoms with Crippen LogP contribution in [0.4, 0.5) is 0 Å². The third-order valence-electron chi connectivity index (χ3n) is 7.42. The molecule has 0 bridgehead atoms. The lowest BCUT2D eigenvalue weighted by atomic mass is 9.89. The zero-order valence-corrected chi connectivity index (χ0v) is 19.0.